The number of hydrogen-bond acceptors (Lipinski definition) is 2. The molecule has 1 rings (SSSR count). The van der Waals surface area contributed by atoms with Crippen LogP contribution < -0.4 is 10.6 Å². The maximum atomic E-state index is 11.4. The molecule has 0 radical (unpaired) electrons. The second-order valence-corrected chi connectivity index (χ2v) is 5.61. The first kappa shape index (κ1) is 13.5. The summed E-state index contributed by atoms with van der Waals surface area (Å²) in [4.78, 5) is 11.4. The Balaban J connectivity index is 2.00. The Morgan fingerprint density at radius 2 is 2.12 bits per heavy atom. The van der Waals surface area contributed by atoms with E-state index < -0.39 is 0 Å². The predicted molar refractivity (Wildman–Crippen MR) is 67.2 cm³/mol. The van der Waals surface area contributed by atoms with Gasteiger partial charge in [0.05, 0.1) is 6.54 Å². The van der Waals surface area contributed by atoms with Gasteiger partial charge in [-0.1, -0.05) is 27.2 Å². The van der Waals surface area contributed by atoms with Gasteiger partial charge in [-0.3, -0.25) is 4.79 Å². The van der Waals surface area contributed by atoms with E-state index >= 15 is 0 Å². The minimum atomic E-state index is 0.125. The van der Waals surface area contributed by atoms with Gasteiger partial charge in [0.1, 0.15) is 0 Å². The van der Waals surface area contributed by atoms with Gasteiger partial charge < -0.3 is 10.6 Å². The van der Waals surface area contributed by atoms with Crippen LogP contribution in [0.4, 0.5) is 0 Å². The quantitative estimate of drug-likeness (QED) is 0.725. The van der Waals surface area contributed by atoms with E-state index in [4.69, 9.17) is 0 Å². The van der Waals surface area contributed by atoms with Crippen molar-refractivity contribution in [2.24, 2.45) is 17.8 Å². The van der Waals surface area contributed by atoms with Gasteiger partial charge in [0.2, 0.25) is 5.91 Å². The zero-order valence-corrected chi connectivity index (χ0v) is 10.9. The van der Waals surface area contributed by atoms with Crippen LogP contribution in [-0.4, -0.2) is 25.5 Å². The lowest BCUT2D eigenvalue weighted by Crippen LogP contribution is -2.37. The van der Waals surface area contributed by atoms with E-state index in [2.05, 4.69) is 31.4 Å². The van der Waals surface area contributed by atoms with Crippen molar-refractivity contribution in [2.45, 2.75) is 40.0 Å². The highest BCUT2D eigenvalue weighted by molar-refractivity contribution is 5.77. The SMILES string of the molecule is CC(C)CNC(=O)CNCC1CCC(C)C1. The Morgan fingerprint density at radius 3 is 2.69 bits per heavy atom. The van der Waals surface area contributed by atoms with Gasteiger partial charge in [0.15, 0.2) is 0 Å². The van der Waals surface area contributed by atoms with E-state index in [0.717, 1.165) is 24.9 Å². The normalized spacial score (nSPS) is 25.0. The van der Waals surface area contributed by atoms with Crippen molar-refractivity contribution in [2.75, 3.05) is 19.6 Å². The molecule has 1 amide bonds. The molecule has 2 atom stereocenters. The Morgan fingerprint density at radius 1 is 1.38 bits per heavy atom. The lowest BCUT2D eigenvalue weighted by atomic mass is 10.1. The summed E-state index contributed by atoms with van der Waals surface area (Å²) in [5.41, 5.74) is 0. The van der Waals surface area contributed by atoms with Crippen LogP contribution in [0.5, 0.6) is 0 Å². The Labute approximate surface area is 99.4 Å². The molecular weight excluding hydrogens is 200 g/mol. The zero-order chi connectivity index (χ0) is 12.0. The average molecular weight is 226 g/mol. The molecule has 3 heteroatoms. The summed E-state index contributed by atoms with van der Waals surface area (Å²) in [7, 11) is 0. The maximum absolute atomic E-state index is 11.4. The van der Waals surface area contributed by atoms with Crippen molar-refractivity contribution in [3.05, 3.63) is 0 Å². The third kappa shape index (κ3) is 5.50. The van der Waals surface area contributed by atoms with Crippen LogP contribution in [0.15, 0.2) is 0 Å². The van der Waals surface area contributed by atoms with Crippen LogP contribution in [0, 0.1) is 17.8 Å². The van der Waals surface area contributed by atoms with Crippen molar-refractivity contribution in [3.8, 4) is 0 Å². The molecule has 0 heterocycles. The first-order valence-corrected chi connectivity index (χ1v) is 6.55. The van der Waals surface area contributed by atoms with Crippen LogP contribution in [-0.2, 0) is 4.79 Å². The van der Waals surface area contributed by atoms with Gasteiger partial charge in [-0.2, -0.15) is 0 Å². The minimum absolute atomic E-state index is 0.125. The van der Waals surface area contributed by atoms with E-state index in [9.17, 15) is 4.79 Å². The highest BCUT2D eigenvalue weighted by atomic mass is 16.1. The molecule has 1 saturated carbocycles. The van der Waals surface area contributed by atoms with Gasteiger partial charge in [-0.05, 0) is 37.1 Å². The van der Waals surface area contributed by atoms with Crippen LogP contribution in [0.3, 0.4) is 0 Å². The first-order chi connectivity index (χ1) is 7.58. The standard InChI is InChI=1S/C13H26N2O/c1-10(2)7-15-13(16)9-14-8-12-5-4-11(3)6-12/h10-12,14H,4-9H2,1-3H3,(H,15,16). The summed E-state index contributed by atoms with van der Waals surface area (Å²) >= 11 is 0. The van der Waals surface area contributed by atoms with Gasteiger partial charge >= 0.3 is 0 Å². The van der Waals surface area contributed by atoms with Crippen molar-refractivity contribution in [3.63, 3.8) is 0 Å². The molecule has 0 aromatic heterocycles. The fourth-order valence-corrected chi connectivity index (χ4v) is 2.28. The van der Waals surface area contributed by atoms with Gasteiger partial charge in [0.25, 0.3) is 0 Å². The molecule has 1 fully saturated rings. The topological polar surface area (TPSA) is 41.1 Å². The van der Waals surface area contributed by atoms with Gasteiger partial charge in [0, 0.05) is 6.54 Å². The van der Waals surface area contributed by atoms with E-state index in [1.54, 1.807) is 0 Å². The van der Waals surface area contributed by atoms with Crippen molar-refractivity contribution < 1.29 is 4.79 Å². The summed E-state index contributed by atoms with van der Waals surface area (Å²) in [6.45, 7) is 8.77. The summed E-state index contributed by atoms with van der Waals surface area (Å²) in [5.74, 6) is 2.31. The summed E-state index contributed by atoms with van der Waals surface area (Å²) in [6, 6.07) is 0. The number of hydrogen-bond donors (Lipinski definition) is 2. The second-order valence-electron chi connectivity index (χ2n) is 5.61. The number of amides is 1. The fourth-order valence-electron chi connectivity index (χ4n) is 2.28. The highest BCUT2D eigenvalue weighted by Gasteiger charge is 2.20. The van der Waals surface area contributed by atoms with E-state index in [0.29, 0.717) is 12.5 Å². The van der Waals surface area contributed by atoms with Crippen LogP contribution >= 0.6 is 0 Å². The first-order valence-electron chi connectivity index (χ1n) is 6.55. The smallest absolute Gasteiger partial charge is 0.233 e. The van der Waals surface area contributed by atoms with Crippen molar-refractivity contribution >= 4 is 5.91 Å². The molecule has 0 aliphatic heterocycles. The number of rotatable bonds is 6. The molecule has 1 aliphatic rings. The summed E-state index contributed by atoms with van der Waals surface area (Å²) in [6.07, 6.45) is 3.99. The summed E-state index contributed by atoms with van der Waals surface area (Å²) in [5, 5.41) is 6.17. The molecular formula is C13H26N2O. The average Bonchev–Trinajstić information content (AvgIpc) is 2.61. The molecule has 0 bridgehead atoms. The number of carbonyl (C=O) groups excluding carboxylic acids is 1. The van der Waals surface area contributed by atoms with Crippen LogP contribution in [0.25, 0.3) is 0 Å². The highest BCUT2D eigenvalue weighted by Crippen LogP contribution is 2.29. The fraction of sp³-hybridized carbons (Fsp3) is 0.923. The van der Waals surface area contributed by atoms with Crippen LogP contribution in [0.1, 0.15) is 40.0 Å². The molecule has 2 N–H and O–H groups in total. The third-order valence-electron chi connectivity index (χ3n) is 3.23. The second kappa shape index (κ2) is 6.89. The molecule has 0 aromatic carbocycles. The Kier molecular flexibility index (Phi) is 5.81. The molecule has 0 spiro atoms. The third-order valence-corrected chi connectivity index (χ3v) is 3.23. The number of carbonyl (C=O) groups is 1. The Bertz CT molecular complexity index is 216. The van der Waals surface area contributed by atoms with Gasteiger partial charge in [-0.25, -0.2) is 0 Å². The molecule has 16 heavy (non-hydrogen) atoms. The van der Waals surface area contributed by atoms with Crippen LogP contribution in [0.2, 0.25) is 0 Å². The van der Waals surface area contributed by atoms with Crippen molar-refractivity contribution in [1.82, 2.24) is 10.6 Å². The lowest BCUT2D eigenvalue weighted by Gasteiger charge is -2.12. The maximum Gasteiger partial charge on any atom is 0.233 e. The minimum Gasteiger partial charge on any atom is -0.355 e. The number of nitrogens with one attached hydrogen (secondary N) is 2. The monoisotopic (exact) mass is 226 g/mol. The lowest BCUT2D eigenvalue weighted by molar-refractivity contribution is -0.120. The van der Waals surface area contributed by atoms with E-state index in [-0.39, 0.29) is 5.91 Å². The van der Waals surface area contributed by atoms with E-state index in [1.807, 2.05) is 0 Å². The van der Waals surface area contributed by atoms with E-state index in [1.165, 1.54) is 19.3 Å². The van der Waals surface area contributed by atoms with Gasteiger partial charge in [-0.15, -0.1) is 0 Å². The van der Waals surface area contributed by atoms with Crippen molar-refractivity contribution in [1.29, 1.82) is 0 Å². The molecule has 3 nitrogen and oxygen atoms in total. The Hall–Kier alpha value is -0.570. The molecule has 94 valence electrons. The zero-order valence-electron chi connectivity index (χ0n) is 10.9. The molecule has 2 unspecified atom stereocenters. The molecule has 0 aromatic rings. The summed E-state index contributed by atoms with van der Waals surface area (Å²) < 4.78 is 0. The predicted octanol–water partition coefficient (Wildman–Crippen LogP) is 1.78. The molecule has 1 aliphatic carbocycles. The largest absolute Gasteiger partial charge is 0.355 e. The molecule has 0 saturated heterocycles.